The number of carbonyl (C=O) groups is 1. The maximum Gasteiger partial charge on any atom is 0.283 e. The number of hydrogen-bond acceptors (Lipinski definition) is 5. The number of benzene rings is 3. The minimum Gasteiger partial charge on any atom is -0.493 e. The lowest BCUT2D eigenvalue weighted by atomic mass is 9.83. The van der Waals surface area contributed by atoms with Gasteiger partial charge in [-0.25, -0.2) is 0 Å². The van der Waals surface area contributed by atoms with Crippen molar-refractivity contribution in [3.05, 3.63) is 83.9 Å². The number of carbonyl (C=O) groups excluding carboxylic acids is 1. The number of methoxy groups -OCH3 is 1. The van der Waals surface area contributed by atoms with Gasteiger partial charge in [0.25, 0.3) is 9.04 Å². The van der Waals surface area contributed by atoms with E-state index in [0.29, 0.717) is 29.6 Å². The van der Waals surface area contributed by atoms with Crippen LogP contribution in [-0.2, 0) is 9.16 Å². The molecule has 6 heteroatoms. The second kappa shape index (κ2) is 12.1. The van der Waals surface area contributed by atoms with Crippen LogP contribution in [0.1, 0.15) is 62.6 Å². The van der Waals surface area contributed by atoms with Crippen LogP contribution in [0.15, 0.2) is 72.8 Å². The van der Waals surface area contributed by atoms with Crippen LogP contribution in [0.3, 0.4) is 0 Å². The van der Waals surface area contributed by atoms with Crippen molar-refractivity contribution in [2.45, 2.75) is 46.6 Å². The lowest BCUT2D eigenvalue weighted by Crippen LogP contribution is -2.47. The number of ether oxygens (including phenoxy) is 3. The fourth-order valence-electron chi connectivity index (χ4n) is 4.22. The quantitative estimate of drug-likeness (QED) is 0.179. The summed E-state index contributed by atoms with van der Waals surface area (Å²) in [5, 5.41) is 2.33. The highest BCUT2D eigenvalue weighted by Gasteiger charge is 2.36. The van der Waals surface area contributed by atoms with Crippen molar-refractivity contribution in [1.29, 1.82) is 0 Å². The zero-order chi connectivity index (χ0) is 26.4. The van der Waals surface area contributed by atoms with Crippen molar-refractivity contribution in [3.8, 4) is 11.5 Å². The molecule has 3 aromatic rings. The van der Waals surface area contributed by atoms with Gasteiger partial charge in [-0.05, 0) is 47.5 Å². The Morgan fingerprint density at radius 3 is 2.00 bits per heavy atom. The van der Waals surface area contributed by atoms with Crippen LogP contribution in [0.25, 0.3) is 0 Å². The van der Waals surface area contributed by atoms with Crippen molar-refractivity contribution in [2.24, 2.45) is 11.3 Å². The molecule has 0 saturated heterocycles. The number of rotatable bonds is 12. The molecule has 0 N–H and O–H groups in total. The van der Waals surface area contributed by atoms with E-state index in [2.05, 4.69) is 69.3 Å². The van der Waals surface area contributed by atoms with Gasteiger partial charge in [0.1, 0.15) is 11.5 Å². The van der Waals surface area contributed by atoms with Gasteiger partial charge in [0, 0.05) is 18.7 Å². The number of ketones is 1. The summed E-state index contributed by atoms with van der Waals surface area (Å²) < 4.78 is 24.4. The molecule has 1 atom stereocenters. The zero-order valence-electron chi connectivity index (χ0n) is 22.5. The van der Waals surface area contributed by atoms with Crippen molar-refractivity contribution in [3.63, 3.8) is 0 Å². The molecular weight excluding hydrogens is 480 g/mol. The van der Waals surface area contributed by atoms with Gasteiger partial charge in [-0.1, -0.05) is 81.4 Å². The fraction of sp³-hybridized carbons (Fsp3) is 0.387. The van der Waals surface area contributed by atoms with Crippen LogP contribution in [-0.4, -0.2) is 35.3 Å². The molecule has 4 rings (SSSR count). The summed E-state index contributed by atoms with van der Waals surface area (Å²) in [6.45, 7) is 8.75. The molecule has 0 spiro atoms. The molecule has 37 heavy (non-hydrogen) atoms. The Balaban J connectivity index is 1.82. The van der Waals surface area contributed by atoms with Gasteiger partial charge >= 0.3 is 0 Å². The Kier molecular flexibility index (Phi) is 8.85. The first-order chi connectivity index (χ1) is 17.8. The van der Waals surface area contributed by atoms with Crippen molar-refractivity contribution < 1.29 is 23.4 Å². The van der Waals surface area contributed by atoms with E-state index in [1.54, 1.807) is 14.0 Å². The van der Waals surface area contributed by atoms with Gasteiger partial charge in [-0.15, -0.1) is 0 Å². The monoisotopic (exact) mass is 517 g/mol. The van der Waals surface area contributed by atoms with Crippen molar-refractivity contribution >= 4 is 25.2 Å². The molecule has 1 saturated carbocycles. The first kappa shape index (κ1) is 27.1. The molecule has 0 amide bonds. The third-order valence-corrected chi connectivity index (χ3v) is 8.56. The van der Waals surface area contributed by atoms with E-state index in [9.17, 15) is 4.79 Å². The van der Waals surface area contributed by atoms with Crippen molar-refractivity contribution in [2.75, 3.05) is 20.5 Å². The minimum atomic E-state index is -1.61. The van der Waals surface area contributed by atoms with Crippen LogP contribution in [0.5, 0.6) is 11.5 Å². The fourth-order valence-corrected chi connectivity index (χ4v) is 6.54. The van der Waals surface area contributed by atoms with E-state index >= 15 is 0 Å². The molecule has 0 aromatic heterocycles. The van der Waals surface area contributed by atoms with E-state index in [1.807, 2.05) is 24.3 Å². The largest absolute Gasteiger partial charge is 0.493 e. The summed E-state index contributed by atoms with van der Waals surface area (Å²) in [6.07, 6.45) is 2.04. The van der Waals surface area contributed by atoms with Crippen molar-refractivity contribution in [1.82, 2.24) is 0 Å². The molecule has 1 aliphatic rings. The smallest absolute Gasteiger partial charge is 0.283 e. The van der Waals surface area contributed by atoms with E-state index in [0.717, 1.165) is 5.56 Å². The second-order valence-electron chi connectivity index (χ2n) is 10.7. The highest BCUT2D eigenvalue weighted by atomic mass is 28.3. The maximum atomic E-state index is 12.7. The Bertz CT molecular complexity index is 1130. The van der Waals surface area contributed by atoms with Gasteiger partial charge in [0.2, 0.25) is 0 Å². The standard InChI is InChI=1S/C31H37O5Si/c1-22(32)26-18-27(29(34-20-23-16-17-23)19-28(26)35-21-33-5)30(31(2,3)4)36-37(24-12-8-6-9-13-24)25-14-10-7-11-15-25/h6-15,18-19,23,30H,16-17,20-21H2,1-5H3. The van der Waals surface area contributed by atoms with Crippen LogP contribution in [0, 0.1) is 11.3 Å². The summed E-state index contributed by atoms with van der Waals surface area (Å²) in [5.41, 5.74) is 1.09. The first-order valence-electron chi connectivity index (χ1n) is 12.9. The average Bonchev–Trinajstić information content (AvgIpc) is 3.72. The summed E-state index contributed by atoms with van der Waals surface area (Å²) in [6, 6.07) is 24.5. The topological polar surface area (TPSA) is 54.0 Å². The Labute approximate surface area is 222 Å². The third-order valence-electron chi connectivity index (χ3n) is 6.37. The lowest BCUT2D eigenvalue weighted by Gasteiger charge is -2.35. The van der Waals surface area contributed by atoms with Crippen LogP contribution < -0.4 is 19.8 Å². The summed E-state index contributed by atoms with van der Waals surface area (Å²) in [4.78, 5) is 12.7. The predicted octanol–water partition coefficient (Wildman–Crippen LogP) is 5.57. The molecule has 1 aliphatic carbocycles. The lowest BCUT2D eigenvalue weighted by molar-refractivity contribution is 0.0497. The molecule has 0 bridgehead atoms. The van der Waals surface area contributed by atoms with Gasteiger partial charge < -0.3 is 18.6 Å². The molecule has 5 nitrogen and oxygen atoms in total. The molecule has 0 heterocycles. The third kappa shape index (κ3) is 7.10. The van der Waals surface area contributed by atoms with Crippen LogP contribution >= 0.6 is 0 Å². The summed E-state index contributed by atoms with van der Waals surface area (Å²) in [5.74, 6) is 1.66. The zero-order valence-corrected chi connectivity index (χ0v) is 23.5. The summed E-state index contributed by atoms with van der Waals surface area (Å²) in [7, 11) is -0.0491. The van der Waals surface area contributed by atoms with Gasteiger partial charge in [0.15, 0.2) is 12.6 Å². The minimum absolute atomic E-state index is 0.0516. The number of Topliss-reactive ketones (excluding diaryl/α,β-unsaturated/α-hetero) is 1. The Hall–Kier alpha value is -2.93. The molecule has 3 aromatic carbocycles. The molecule has 1 unspecified atom stereocenters. The van der Waals surface area contributed by atoms with E-state index in [-0.39, 0.29) is 24.1 Å². The van der Waals surface area contributed by atoms with E-state index in [1.165, 1.54) is 23.2 Å². The van der Waals surface area contributed by atoms with E-state index < -0.39 is 9.04 Å². The molecule has 195 valence electrons. The Morgan fingerprint density at radius 1 is 0.919 bits per heavy atom. The van der Waals surface area contributed by atoms with Gasteiger partial charge in [-0.2, -0.15) is 0 Å². The molecular formula is C31H37O5Si. The summed E-state index contributed by atoms with van der Waals surface area (Å²) >= 11 is 0. The highest BCUT2D eigenvalue weighted by molar-refractivity contribution is 6.80. The van der Waals surface area contributed by atoms with Crippen LogP contribution in [0.2, 0.25) is 0 Å². The van der Waals surface area contributed by atoms with Gasteiger partial charge in [0.05, 0.1) is 18.3 Å². The predicted molar refractivity (Wildman–Crippen MR) is 148 cm³/mol. The maximum absolute atomic E-state index is 12.7. The average molecular weight is 518 g/mol. The van der Waals surface area contributed by atoms with Crippen LogP contribution in [0.4, 0.5) is 0 Å². The SMILES string of the molecule is COCOc1cc(OCC2CC2)c(C(O[Si](c2ccccc2)c2ccccc2)C(C)(C)C)cc1C(C)=O. The molecule has 0 aliphatic heterocycles. The van der Waals surface area contributed by atoms with Gasteiger partial charge in [-0.3, -0.25) is 4.79 Å². The molecule has 1 fully saturated rings. The molecule has 1 radical (unpaired) electrons. The van der Waals surface area contributed by atoms with E-state index in [4.69, 9.17) is 18.6 Å². The number of hydrogen-bond donors (Lipinski definition) is 0. The normalized spacial score (nSPS) is 14.4. The Morgan fingerprint density at radius 2 is 1.51 bits per heavy atom. The first-order valence-corrected chi connectivity index (χ1v) is 14.3. The second-order valence-corrected chi connectivity index (χ2v) is 12.7. The highest BCUT2D eigenvalue weighted by Crippen LogP contribution is 2.44.